The SMILES string of the molecule is Cc1cc2ncn(CC(N)(C(N)=O)C3CC3)c2cc1C. The zero-order chi connectivity index (χ0) is 14.5. The van der Waals surface area contributed by atoms with Crippen LogP contribution >= 0.6 is 0 Å². The molecule has 1 saturated carbocycles. The Kier molecular flexibility index (Phi) is 2.83. The highest BCUT2D eigenvalue weighted by Crippen LogP contribution is 2.39. The third-order valence-corrected chi connectivity index (χ3v) is 4.43. The summed E-state index contributed by atoms with van der Waals surface area (Å²) in [5.41, 5.74) is 15.2. The average Bonchev–Trinajstić information content (AvgIpc) is 3.17. The molecule has 1 aromatic carbocycles. The Hall–Kier alpha value is -1.88. The van der Waals surface area contributed by atoms with Crippen LogP contribution in [0.2, 0.25) is 0 Å². The Balaban J connectivity index is 2.02. The average molecular weight is 272 g/mol. The minimum Gasteiger partial charge on any atom is -0.368 e. The zero-order valence-electron chi connectivity index (χ0n) is 11.9. The van der Waals surface area contributed by atoms with Gasteiger partial charge in [0.1, 0.15) is 5.54 Å². The van der Waals surface area contributed by atoms with E-state index >= 15 is 0 Å². The number of nitrogens with two attached hydrogens (primary N) is 2. The molecule has 1 unspecified atom stereocenters. The van der Waals surface area contributed by atoms with Crippen molar-refractivity contribution < 1.29 is 4.79 Å². The molecule has 0 bridgehead atoms. The lowest BCUT2D eigenvalue weighted by atomic mass is 9.93. The van der Waals surface area contributed by atoms with Crippen LogP contribution in [-0.2, 0) is 11.3 Å². The predicted octanol–water partition coefficient (Wildman–Crippen LogP) is 1.25. The van der Waals surface area contributed by atoms with Crippen LogP contribution in [0.4, 0.5) is 0 Å². The summed E-state index contributed by atoms with van der Waals surface area (Å²) in [6, 6.07) is 4.15. The number of carbonyl (C=O) groups is 1. The highest BCUT2D eigenvalue weighted by atomic mass is 16.1. The third kappa shape index (κ3) is 1.98. The van der Waals surface area contributed by atoms with Crippen LogP contribution in [0.1, 0.15) is 24.0 Å². The van der Waals surface area contributed by atoms with Gasteiger partial charge < -0.3 is 16.0 Å². The first-order chi connectivity index (χ1) is 9.41. The van der Waals surface area contributed by atoms with E-state index in [-0.39, 0.29) is 5.92 Å². The normalized spacial score (nSPS) is 18.1. The van der Waals surface area contributed by atoms with E-state index in [1.807, 2.05) is 4.57 Å². The summed E-state index contributed by atoms with van der Waals surface area (Å²) in [6.45, 7) is 4.53. The highest BCUT2D eigenvalue weighted by molar-refractivity contribution is 5.85. The number of aryl methyl sites for hydroxylation is 2. The fourth-order valence-electron chi connectivity index (χ4n) is 2.73. The first kappa shape index (κ1) is 13.1. The fraction of sp³-hybridized carbons (Fsp3) is 0.467. The van der Waals surface area contributed by atoms with E-state index in [1.165, 1.54) is 11.1 Å². The van der Waals surface area contributed by atoms with Crippen LogP contribution in [0.3, 0.4) is 0 Å². The zero-order valence-corrected chi connectivity index (χ0v) is 11.9. The summed E-state index contributed by atoms with van der Waals surface area (Å²) >= 11 is 0. The van der Waals surface area contributed by atoms with E-state index in [0.717, 1.165) is 23.9 Å². The molecule has 1 amide bonds. The Morgan fingerprint density at radius 1 is 1.40 bits per heavy atom. The van der Waals surface area contributed by atoms with E-state index in [2.05, 4.69) is 31.0 Å². The van der Waals surface area contributed by atoms with Crippen LogP contribution in [-0.4, -0.2) is 21.0 Å². The minimum absolute atomic E-state index is 0.198. The second-order valence-corrected chi connectivity index (χ2v) is 5.98. The molecule has 3 rings (SSSR count). The van der Waals surface area contributed by atoms with E-state index in [4.69, 9.17) is 11.5 Å². The van der Waals surface area contributed by atoms with Gasteiger partial charge in [-0.3, -0.25) is 4.79 Å². The third-order valence-electron chi connectivity index (χ3n) is 4.43. The van der Waals surface area contributed by atoms with Crippen LogP contribution in [0.25, 0.3) is 11.0 Å². The number of aromatic nitrogens is 2. The molecule has 20 heavy (non-hydrogen) atoms. The van der Waals surface area contributed by atoms with Gasteiger partial charge in [-0.15, -0.1) is 0 Å². The monoisotopic (exact) mass is 272 g/mol. The molecule has 5 heteroatoms. The van der Waals surface area contributed by atoms with Crippen molar-refractivity contribution in [3.63, 3.8) is 0 Å². The van der Waals surface area contributed by atoms with E-state index < -0.39 is 11.4 Å². The van der Waals surface area contributed by atoms with E-state index in [0.29, 0.717) is 6.54 Å². The van der Waals surface area contributed by atoms with Crippen molar-refractivity contribution in [2.45, 2.75) is 38.8 Å². The molecule has 1 heterocycles. The van der Waals surface area contributed by atoms with Gasteiger partial charge in [-0.25, -0.2) is 4.98 Å². The lowest BCUT2D eigenvalue weighted by Gasteiger charge is -2.26. The van der Waals surface area contributed by atoms with Gasteiger partial charge in [0.25, 0.3) is 0 Å². The summed E-state index contributed by atoms with van der Waals surface area (Å²) < 4.78 is 1.95. The van der Waals surface area contributed by atoms with Crippen molar-refractivity contribution in [3.8, 4) is 0 Å². The van der Waals surface area contributed by atoms with Gasteiger partial charge in [-0.2, -0.15) is 0 Å². The number of primary amides is 1. The van der Waals surface area contributed by atoms with Gasteiger partial charge in [-0.1, -0.05) is 0 Å². The van der Waals surface area contributed by atoms with Gasteiger partial charge in [-0.05, 0) is 55.9 Å². The van der Waals surface area contributed by atoms with Crippen molar-refractivity contribution >= 4 is 16.9 Å². The Morgan fingerprint density at radius 3 is 2.65 bits per heavy atom. The molecular weight excluding hydrogens is 252 g/mol. The van der Waals surface area contributed by atoms with Crippen molar-refractivity contribution in [3.05, 3.63) is 29.6 Å². The van der Waals surface area contributed by atoms with E-state index in [1.54, 1.807) is 6.33 Å². The van der Waals surface area contributed by atoms with Crippen molar-refractivity contribution in [2.24, 2.45) is 17.4 Å². The predicted molar refractivity (Wildman–Crippen MR) is 78.0 cm³/mol. The minimum atomic E-state index is -0.966. The molecule has 1 atom stereocenters. The molecular formula is C15H20N4O. The quantitative estimate of drug-likeness (QED) is 0.878. The second-order valence-electron chi connectivity index (χ2n) is 5.98. The number of benzene rings is 1. The van der Waals surface area contributed by atoms with Crippen LogP contribution < -0.4 is 11.5 Å². The second kappa shape index (κ2) is 4.31. The first-order valence-corrected chi connectivity index (χ1v) is 6.92. The Labute approximate surface area is 118 Å². The standard InChI is InChI=1S/C15H20N4O/c1-9-5-12-13(6-10(9)2)19(8-18-12)7-15(17,14(16)20)11-3-4-11/h5-6,8,11H,3-4,7,17H2,1-2H3,(H2,16,20). The van der Waals surface area contributed by atoms with Crippen LogP contribution in [0.5, 0.6) is 0 Å². The smallest absolute Gasteiger partial charge is 0.239 e. The molecule has 1 aromatic heterocycles. The summed E-state index contributed by atoms with van der Waals surface area (Å²) in [5.74, 6) is -0.227. The maximum absolute atomic E-state index is 11.7. The van der Waals surface area contributed by atoms with Crippen LogP contribution in [0.15, 0.2) is 18.5 Å². The maximum Gasteiger partial charge on any atom is 0.239 e. The summed E-state index contributed by atoms with van der Waals surface area (Å²) in [6.07, 6.45) is 3.70. The molecule has 4 N–H and O–H groups in total. The van der Waals surface area contributed by atoms with Crippen molar-refractivity contribution in [1.29, 1.82) is 0 Å². The molecule has 0 radical (unpaired) electrons. The lowest BCUT2D eigenvalue weighted by molar-refractivity contribution is -0.124. The number of amides is 1. The van der Waals surface area contributed by atoms with Crippen molar-refractivity contribution in [2.75, 3.05) is 0 Å². The van der Waals surface area contributed by atoms with Gasteiger partial charge in [0.2, 0.25) is 5.91 Å². The number of nitrogens with zero attached hydrogens (tertiary/aromatic N) is 2. The lowest BCUT2D eigenvalue weighted by Crippen LogP contribution is -2.56. The van der Waals surface area contributed by atoms with Gasteiger partial charge in [0.15, 0.2) is 0 Å². The molecule has 1 aliphatic carbocycles. The van der Waals surface area contributed by atoms with E-state index in [9.17, 15) is 4.79 Å². The number of carbonyl (C=O) groups excluding carboxylic acids is 1. The maximum atomic E-state index is 11.7. The molecule has 5 nitrogen and oxygen atoms in total. The summed E-state index contributed by atoms with van der Waals surface area (Å²) in [7, 11) is 0. The fourth-order valence-corrected chi connectivity index (χ4v) is 2.73. The molecule has 2 aromatic rings. The molecule has 106 valence electrons. The van der Waals surface area contributed by atoms with Crippen LogP contribution in [0, 0.1) is 19.8 Å². The summed E-state index contributed by atoms with van der Waals surface area (Å²) in [5, 5.41) is 0. The number of fused-ring (bicyclic) bond motifs is 1. The number of imidazole rings is 1. The molecule has 1 fully saturated rings. The topological polar surface area (TPSA) is 86.9 Å². The summed E-state index contributed by atoms with van der Waals surface area (Å²) in [4.78, 5) is 16.1. The van der Waals surface area contributed by atoms with Gasteiger partial charge in [0.05, 0.1) is 23.9 Å². The van der Waals surface area contributed by atoms with Gasteiger partial charge >= 0.3 is 0 Å². The molecule has 0 aliphatic heterocycles. The largest absolute Gasteiger partial charge is 0.368 e. The molecule has 0 saturated heterocycles. The number of hydrogen-bond donors (Lipinski definition) is 2. The molecule has 1 aliphatic rings. The molecule has 0 spiro atoms. The Bertz CT molecular complexity index is 686. The van der Waals surface area contributed by atoms with Crippen molar-refractivity contribution in [1.82, 2.24) is 9.55 Å². The first-order valence-electron chi connectivity index (χ1n) is 6.92. The van der Waals surface area contributed by atoms with Gasteiger partial charge in [0, 0.05) is 0 Å². The number of hydrogen-bond acceptors (Lipinski definition) is 3. The Morgan fingerprint density at radius 2 is 2.05 bits per heavy atom. The number of rotatable bonds is 4. The highest BCUT2D eigenvalue weighted by Gasteiger charge is 2.47.